The smallest absolute Gasteiger partial charge is 0.306 e. The number of rotatable bonds is 12. The van der Waals surface area contributed by atoms with E-state index in [1.807, 2.05) is 9.80 Å². The van der Waals surface area contributed by atoms with E-state index in [1.54, 1.807) is 22.9 Å². The number of hydrogen-bond acceptors (Lipinski definition) is 15. The second-order valence-corrected chi connectivity index (χ2v) is 20.9. The summed E-state index contributed by atoms with van der Waals surface area (Å²) < 4.78 is 1.43. The number of thiazole rings is 2. The number of pyridine rings is 2. The summed E-state index contributed by atoms with van der Waals surface area (Å²) in [4.78, 5) is 73.8. The normalized spacial score (nSPS) is 15.0. The molecule has 8 heterocycles. The highest BCUT2D eigenvalue weighted by Gasteiger charge is 2.29. The van der Waals surface area contributed by atoms with E-state index in [4.69, 9.17) is 56.4 Å². The van der Waals surface area contributed by atoms with Gasteiger partial charge in [0.25, 0.3) is 11.8 Å². The van der Waals surface area contributed by atoms with Gasteiger partial charge in [0.1, 0.15) is 23.0 Å². The van der Waals surface area contributed by atoms with Crippen molar-refractivity contribution < 1.29 is 29.4 Å². The summed E-state index contributed by atoms with van der Waals surface area (Å²) >= 11 is 32.6. The molecule has 2 aliphatic heterocycles. The van der Waals surface area contributed by atoms with Gasteiger partial charge in [0, 0.05) is 49.3 Å². The van der Waals surface area contributed by atoms with Crippen molar-refractivity contribution in [2.24, 2.45) is 11.8 Å². The minimum absolute atomic E-state index is 0.213. The van der Waals surface area contributed by atoms with E-state index in [9.17, 15) is 29.4 Å². The van der Waals surface area contributed by atoms with Gasteiger partial charge in [0.15, 0.2) is 10.3 Å². The Morgan fingerprint density at radius 1 is 0.639 bits per heavy atom. The Balaban J connectivity index is 1.02. The summed E-state index contributed by atoms with van der Waals surface area (Å²) in [6.45, 7) is 1.94. The fraction of sp³-hybridized carbons (Fsp3) is 0.263. The molecule has 0 saturated carbocycles. The zero-order valence-electron chi connectivity index (χ0n) is 31.2. The van der Waals surface area contributed by atoms with Crippen molar-refractivity contribution in [3.8, 4) is 21.1 Å². The van der Waals surface area contributed by atoms with Gasteiger partial charge in [-0.05, 0) is 49.9 Å². The van der Waals surface area contributed by atoms with Gasteiger partial charge in [-0.25, -0.2) is 19.9 Å². The third-order valence-electron chi connectivity index (χ3n) is 9.88. The topological polar surface area (TPSA) is 191 Å². The van der Waals surface area contributed by atoms with Crippen molar-refractivity contribution in [1.29, 1.82) is 0 Å². The maximum absolute atomic E-state index is 13.6. The van der Waals surface area contributed by atoms with Crippen LogP contribution in [0, 0.1) is 11.8 Å². The molecule has 2 amide bonds. The highest BCUT2D eigenvalue weighted by molar-refractivity contribution is 8.03. The minimum atomic E-state index is -0.814. The number of anilines is 4. The van der Waals surface area contributed by atoms with Crippen LogP contribution in [0.4, 0.5) is 21.9 Å². The highest BCUT2D eigenvalue weighted by atomic mass is 35.5. The van der Waals surface area contributed by atoms with Gasteiger partial charge in [-0.2, -0.15) is 0 Å². The molecule has 0 spiro atoms. The Hall–Kier alpha value is -4.05. The van der Waals surface area contributed by atoms with Crippen LogP contribution in [-0.2, 0) is 9.59 Å². The van der Waals surface area contributed by atoms with E-state index in [2.05, 4.69) is 20.6 Å². The number of nitrogens with zero attached hydrogens (tertiary/aromatic N) is 6. The number of carbonyl (C=O) groups is 4. The molecule has 0 atom stereocenters. The molecular weight excluding hydrogens is 967 g/mol. The Morgan fingerprint density at radius 2 is 1.03 bits per heavy atom. The van der Waals surface area contributed by atoms with Crippen LogP contribution in [0.3, 0.4) is 0 Å². The number of carboxylic acids is 2. The van der Waals surface area contributed by atoms with Crippen LogP contribution >= 0.6 is 104 Å². The summed E-state index contributed by atoms with van der Waals surface area (Å²) in [6, 6.07) is 6.64. The number of thiophene rings is 2. The fourth-order valence-corrected chi connectivity index (χ4v) is 13.2. The van der Waals surface area contributed by atoms with E-state index in [0.29, 0.717) is 95.2 Å². The molecule has 6 aromatic heterocycles. The number of piperidine rings is 2. The number of aliphatic carboxylic acids is 2. The van der Waals surface area contributed by atoms with E-state index in [0.717, 1.165) is 18.2 Å². The van der Waals surface area contributed by atoms with E-state index < -0.39 is 35.6 Å². The zero-order valence-corrected chi connectivity index (χ0v) is 38.3. The fourth-order valence-electron chi connectivity index (χ4n) is 6.72. The second kappa shape index (κ2) is 18.7. The van der Waals surface area contributed by atoms with E-state index in [-0.39, 0.29) is 21.2 Å². The molecule has 0 aromatic carbocycles. The Bertz CT molecular complexity index is 2480. The number of carbonyl (C=O) groups excluding carboxylic acids is 2. The quantitative estimate of drug-likeness (QED) is 0.0907. The van der Waals surface area contributed by atoms with Gasteiger partial charge in [-0.1, -0.05) is 80.8 Å². The standard InChI is InChI=1S/C38H30Cl4N8O6S5/c39-21-11-25(57-15-21)27-35(60-37(45-27)47-31(51)19-9-23(41)29(43-13-19)49-5-1-17(2-6-49)33(53)54)59-36-28(26-12-22(40)16-58-26)46-38(61-36)48-32(52)20-10-24(42)30(44-14-20)50-7-3-18(4-8-50)34(55)56/h9-18H,1-8H2,(H,53,54)(H,55,56)(H,45,47,51)(H,46,48,52). The molecule has 61 heavy (non-hydrogen) atoms. The summed E-state index contributed by atoms with van der Waals surface area (Å²) in [6.07, 6.45) is 4.75. The summed E-state index contributed by atoms with van der Waals surface area (Å²) in [5.74, 6) is -2.43. The van der Waals surface area contributed by atoms with Gasteiger partial charge in [-0.3, -0.25) is 29.8 Å². The van der Waals surface area contributed by atoms with Crippen molar-refractivity contribution in [1.82, 2.24) is 19.9 Å². The summed E-state index contributed by atoms with van der Waals surface area (Å²) in [5.41, 5.74) is 1.59. The second-order valence-electron chi connectivity index (χ2n) is 13.8. The lowest BCUT2D eigenvalue weighted by molar-refractivity contribution is -0.143. The number of amides is 2. The number of carboxylic acid groups (broad SMARTS) is 2. The van der Waals surface area contributed by atoms with Gasteiger partial charge in [0.05, 0.1) is 61.2 Å². The molecule has 2 fully saturated rings. The minimum Gasteiger partial charge on any atom is -0.481 e. The molecular formula is C38H30Cl4N8O6S5. The number of hydrogen-bond donors (Lipinski definition) is 4. The van der Waals surface area contributed by atoms with E-state index >= 15 is 0 Å². The first-order chi connectivity index (χ1) is 29.3. The van der Waals surface area contributed by atoms with Crippen molar-refractivity contribution in [2.75, 3.05) is 46.6 Å². The molecule has 8 rings (SSSR count). The van der Waals surface area contributed by atoms with Crippen LogP contribution in [0.2, 0.25) is 20.1 Å². The molecule has 0 unspecified atom stereocenters. The highest BCUT2D eigenvalue weighted by Crippen LogP contribution is 2.50. The maximum Gasteiger partial charge on any atom is 0.306 e. The molecule has 23 heteroatoms. The first-order valence-corrected chi connectivity index (χ1v) is 24.1. The predicted molar refractivity (Wildman–Crippen MR) is 245 cm³/mol. The van der Waals surface area contributed by atoms with Gasteiger partial charge < -0.3 is 20.0 Å². The SMILES string of the molecule is O=C(Nc1nc(-c2cc(Cl)cs2)c(Sc2sc(NC(=O)c3cnc(N4CCC(C(=O)O)CC4)c(Cl)c3)nc2-c2cc(Cl)cs2)s1)c1cnc(N2CCC(C(=O)O)CC2)c(Cl)c1. The maximum atomic E-state index is 13.6. The van der Waals surface area contributed by atoms with Crippen molar-refractivity contribution in [2.45, 2.75) is 34.1 Å². The van der Waals surface area contributed by atoms with Crippen molar-refractivity contribution in [3.05, 3.63) is 78.6 Å². The largest absolute Gasteiger partial charge is 0.481 e. The predicted octanol–water partition coefficient (Wildman–Crippen LogP) is 10.7. The Morgan fingerprint density at radius 3 is 1.36 bits per heavy atom. The van der Waals surface area contributed by atoms with Crippen LogP contribution in [0.1, 0.15) is 46.4 Å². The molecule has 2 saturated heterocycles. The average molecular weight is 997 g/mol. The monoisotopic (exact) mass is 994 g/mol. The zero-order chi connectivity index (χ0) is 42.9. The lowest BCUT2D eigenvalue weighted by Gasteiger charge is -2.31. The first kappa shape index (κ1) is 43.6. The molecule has 0 bridgehead atoms. The van der Waals surface area contributed by atoms with Crippen LogP contribution < -0.4 is 20.4 Å². The number of halogens is 4. The van der Waals surface area contributed by atoms with Crippen molar-refractivity contribution >= 4 is 149 Å². The third-order valence-corrected chi connectivity index (χ3v) is 16.3. The molecule has 0 radical (unpaired) electrons. The summed E-state index contributed by atoms with van der Waals surface area (Å²) in [7, 11) is 0. The van der Waals surface area contributed by atoms with Gasteiger partial charge in [0.2, 0.25) is 0 Å². The van der Waals surface area contributed by atoms with Crippen LogP contribution in [-0.4, -0.2) is 80.1 Å². The molecule has 14 nitrogen and oxygen atoms in total. The average Bonchev–Trinajstić information content (AvgIpc) is 4.05. The Labute approximate surface area is 387 Å². The molecule has 6 aromatic rings. The lowest BCUT2D eigenvalue weighted by Crippen LogP contribution is -2.37. The Kier molecular flexibility index (Phi) is 13.4. The number of nitrogens with one attached hydrogen (secondary N) is 2. The van der Waals surface area contributed by atoms with Crippen LogP contribution in [0.5, 0.6) is 0 Å². The molecule has 0 aliphatic carbocycles. The van der Waals surface area contributed by atoms with E-state index in [1.165, 1.54) is 81.6 Å². The molecule has 4 N–H and O–H groups in total. The number of aromatic nitrogens is 4. The van der Waals surface area contributed by atoms with Gasteiger partial charge >= 0.3 is 11.9 Å². The lowest BCUT2D eigenvalue weighted by atomic mass is 9.97. The van der Waals surface area contributed by atoms with Crippen LogP contribution in [0.15, 0.2) is 55.8 Å². The summed E-state index contributed by atoms with van der Waals surface area (Å²) in [5, 5.41) is 30.3. The third kappa shape index (κ3) is 9.95. The van der Waals surface area contributed by atoms with Crippen molar-refractivity contribution in [3.63, 3.8) is 0 Å². The first-order valence-electron chi connectivity index (χ1n) is 18.4. The van der Waals surface area contributed by atoms with Crippen LogP contribution in [0.25, 0.3) is 21.1 Å². The molecule has 316 valence electrons. The molecule has 2 aliphatic rings. The van der Waals surface area contributed by atoms with Gasteiger partial charge in [-0.15, -0.1) is 22.7 Å².